The van der Waals surface area contributed by atoms with E-state index in [2.05, 4.69) is 19.7 Å². The molecule has 3 fully saturated rings. The average molecular weight is 479 g/mol. The maximum absolute atomic E-state index is 13.5. The van der Waals surface area contributed by atoms with Crippen molar-refractivity contribution in [2.24, 2.45) is 0 Å². The molecule has 5 rings (SSSR count). The summed E-state index contributed by atoms with van der Waals surface area (Å²) in [5.41, 5.74) is 1.79. The van der Waals surface area contributed by atoms with Crippen molar-refractivity contribution in [2.75, 3.05) is 39.4 Å². The van der Waals surface area contributed by atoms with Gasteiger partial charge in [0.05, 0.1) is 53.5 Å². The SMILES string of the molecule is O=C(Cc1ccc(Cl)c(Cl)c1)N1CCN(Cc2cocn2)C2COC[C@H](N3CCCC3)[C@H]21. The standard InChI is InChI=1S/C23H28Cl2N4O3/c24-18-4-3-16(9-19(18)25)10-22(30)29-8-7-28(11-17-12-32-15-26-17)21-14-31-13-20(23(21)29)27-5-1-2-6-27/h3-4,9,12,15,20-21,23H,1-2,5-8,10-11,13-14H2/t20-,21?,23+/m0/s1. The van der Waals surface area contributed by atoms with E-state index in [-0.39, 0.29) is 24.0 Å². The molecule has 0 spiro atoms. The molecule has 32 heavy (non-hydrogen) atoms. The van der Waals surface area contributed by atoms with Gasteiger partial charge in [-0.2, -0.15) is 0 Å². The van der Waals surface area contributed by atoms with Gasteiger partial charge >= 0.3 is 0 Å². The number of piperazine rings is 1. The summed E-state index contributed by atoms with van der Waals surface area (Å²) < 4.78 is 11.3. The van der Waals surface area contributed by atoms with E-state index in [0.29, 0.717) is 42.8 Å². The summed E-state index contributed by atoms with van der Waals surface area (Å²) in [4.78, 5) is 24.9. The molecule has 172 valence electrons. The number of benzene rings is 1. The summed E-state index contributed by atoms with van der Waals surface area (Å²) in [5, 5.41) is 0.983. The summed E-state index contributed by atoms with van der Waals surface area (Å²) >= 11 is 12.2. The Morgan fingerprint density at radius 3 is 2.62 bits per heavy atom. The summed E-state index contributed by atoms with van der Waals surface area (Å²) in [5.74, 6) is 0.130. The first-order valence-electron chi connectivity index (χ1n) is 11.3. The first-order chi connectivity index (χ1) is 15.6. The number of hydrogen-bond donors (Lipinski definition) is 0. The quantitative estimate of drug-likeness (QED) is 0.657. The molecule has 9 heteroatoms. The number of rotatable bonds is 5. The highest BCUT2D eigenvalue weighted by Crippen LogP contribution is 2.31. The molecular formula is C23H28Cl2N4O3. The van der Waals surface area contributed by atoms with Crippen molar-refractivity contribution in [3.8, 4) is 0 Å². The second-order valence-corrected chi connectivity index (χ2v) is 9.68. The zero-order valence-corrected chi connectivity index (χ0v) is 19.5. The summed E-state index contributed by atoms with van der Waals surface area (Å²) in [7, 11) is 0. The van der Waals surface area contributed by atoms with Gasteiger partial charge in [-0.1, -0.05) is 29.3 Å². The molecule has 7 nitrogen and oxygen atoms in total. The Bertz CT molecular complexity index is 935. The van der Waals surface area contributed by atoms with Crippen LogP contribution in [0.2, 0.25) is 10.0 Å². The third-order valence-corrected chi connectivity index (χ3v) is 7.68. The van der Waals surface area contributed by atoms with Crippen molar-refractivity contribution < 1.29 is 13.9 Å². The smallest absolute Gasteiger partial charge is 0.227 e. The fourth-order valence-corrected chi connectivity index (χ4v) is 5.70. The van der Waals surface area contributed by atoms with E-state index in [1.54, 1.807) is 18.4 Å². The molecule has 1 aromatic carbocycles. The first-order valence-corrected chi connectivity index (χ1v) is 12.0. The minimum atomic E-state index is 0.0813. The summed E-state index contributed by atoms with van der Waals surface area (Å²) in [6.07, 6.45) is 5.88. The van der Waals surface area contributed by atoms with E-state index < -0.39 is 0 Å². The van der Waals surface area contributed by atoms with Gasteiger partial charge in [0.25, 0.3) is 0 Å². The molecule has 1 amide bonds. The Morgan fingerprint density at radius 1 is 1.06 bits per heavy atom. The van der Waals surface area contributed by atoms with E-state index in [1.165, 1.54) is 19.2 Å². The van der Waals surface area contributed by atoms with Gasteiger partial charge in [0.2, 0.25) is 5.91 Å². The number of ether oxygens (including phenoxy) is 1. The number of aromatic nitrogens is 1. The van der Waals surface area contributed by atoms with Crippen LogP contribution >= 0.6 is 23.2 Å². The minimum Gasteiger partial charge on any atom is -0.451 e. The second kappa shape index (κ2) is 9.69. The van der Waals surface area contributed by atoms with Gasteiger partial charge in [-0.3, -0.25) is 14.6 Å². The number of likely N-dealkylation sites (tertiary alicyclic amines) is 1. The van der Waals surface area contributed by atoms with Gasteiger partial charge < -0.3 is 14.1 Å². The van der Waals surface area contributed by atoms with E-state index >= 15 is 0 Å². The van der Waals surface area contributed by atoms with Gasteiger partial charge in [-0.25, -0.2) is 4.98 Å². The number of nitrogens with zero attached hydrogens (tertiary/aromatic N) is 4. The molecule has 3 saturated heterocycles. The van der Waals surface area contributed by atoms with Crippen molar-refractivity contribution >= 4 is 29.1 Å². The van der Waals surface area contributed by atoms with E-state index in [9.17, 15) is 4.79 Å². The van der Waals surface area contributed by atoms with Gasteiger partial charge in [0, 0.05) is 19.6 Å². The fourth-order valence-electron chi connectivity index (χ4n) is 5.38. The van der Waals surface area contributed by atoms with Crippen molar-refractivity contribution in [1.29, 1.82) is 0 Å². The number of carbonyl (C=O) groups excluding carboxylic acids is 1. The third kappa shape index (κ3) is 4.54. The normalized spacial score (nSPS) is 26.9. The molecule has 2 aromatic rings. The van der Waals surface area contributed by atoms with Gasteiger partial charge in [0.15, 0.2) is 6.39 Å². The van der Waals surface area contributed by atoms with E-state index in [0.717, 1.165) is 30.9 Å². The van der Waals surface area contributed by atoms with Gasteiger partial charge in [0.1, 0.15) is 6.26 Å². The van der Waals surface area contributed by atoms with E-state index in [1.807, 2.05) is 6.07 Å². The number of oxazole rings is 1. The molecule has 0 bridgehead atoms. The van der Waals surface area contributed by atoms with Crippen LogP contribution in [0.4, 0.5) is 0 Å². The Morgan fingerprint density at radius 2 is 1.88 bits per heavy atom. The van der Waals surface area contributed by atoms with Gasteiger partial charge in [-0.05, 0) is 43.6 Å². The van der Waals surface area contributed by atoms with Crippen LogP contribution < -0.4 is 0 Å². The largest absolute Gasteiger partial charge is 0.451 e. The summed E-state index contributed by atoms with van der Waals surface area (Å²) in [6, 6.07) is 5.84. The highest BCUT2D eigenvalue weighted by atomic mass is 35.5. The molecular weight excluding hydrogens is 451 g/mol. The van der Waals surface area contributed by atoms with Crippen LogP contribution in [0.15, 0.2) is 35.3 Å². The fraction of sp³-hybridized carbons (Fsp3) is 0.565. The molecule has 4 heterocycles. The second-order valence-electron chi connectivity index (χ2n) is 8.87. The molecule has 0 saturated carbocycles. The van der Waals surface area contributed by atoms with Gasteiger partial charge in [-0.15, -0.1) is 0 Å². The Labute approximate surface area is 198 Å². The van der Waals surface area contributed by atoms with Crippen LogP contribution in [0.1, 0.15) is 24.1 Å². The lowest BCUT2D eigenvalue weighted by atomic mass is 9.90. The molecule has 3 aliphatic rings. The Kier molecular flexibility index (Phi) is 6.71. The zero-order valence-electron chi connectivity index (χ0n) is 18.0. The molecule has 0 aliphatic carbocycles. The Balaban J connectivity index is 1.39. The minimum absolute atomic E-state index is 0.0813. The maximum atomic E-state index is 13.5. The number of amides is 1. The van der Waals surface area contributed by atoms with Crippen molar-refractivity contribution in [1.82, 2.24) is 19.7 Å². The molecule has 3 atom stereocenters. The van der Waals surface area contributed by atoms with Crippen LogP contribution in [-0.4, -0.2) is 83.1 Å². The number of carbonyl (C=O) groups is 1. The zero-order chi connectivity index (χ0) is 22.1. The maximum Gasteiger partial charge on any atom is 0.227 e. The number of fused-ring (bicyclic) bond motifs is 1. The van der Waals surface area contributed by atoms with E-state index in [4.69, 9.17) is 32.4 Å². The number of hydrogen-bond acceptors (Lipinski definition) is 6. The van der Waals surface area contributed by atoms with Crippen LogP contribution in [-0.2, 0) is 22.5 Å². The molecule has 1 unspecified atom stereocenters. The van der Waals surface area contributed by atoms with Crippen molar-refractivity contribution in [3.05, 3.63) is 52.2 Å². The van der Waals surface area contributed by atoms with Crippen molar-refractivity contribution in [2.45, 2.75) is 43.9 Å². The highest BCUT2D eigenvalue weighted by Gasteiger charge is 2.47. The topological polar surface area (TPSA) is 62.1 Å². The lowest BCUT2D eigenvalue weighted by molar-refractivity contribution is -0.153. The van der Waals surface area contributed by atoms with Crippen LogP contribution in [0.25, 0.3) is 0 Å². The molecule has 0 N–H and O–H groups in total. The lowest BCUT2D eigenvalue weighted by Crippen LogP contribution is -2.71. The lowest BCUT2D eigenvalue weighted by Gasteiger charge is -2.54. The van der Waals surface area contributed by atoms with Crippen LogP contribution in [0, 0.1) is 0 Å². The molecule has 1 aromatic heterocycles. The third-order valence-electron chi connectivity index (χ3n) is 6.94. The first kappa shape index (κ1) is 22.2. The number of halogens is 2. The molecule has 0 radical (unpaired) electrons. The Hall–Kier alpha value is -1.64. The average Bonchev–Trinajstić information content (AvgIpc) is 3.50. The highest BCUT2D eigenvalue weighted by molar-refractivity contribution is 6.42. The summed E-state index contributed by atoms with van der Waals surface area (Å²) in [6.45, 7) is 5.56. The monoisotopic (exact) mass is 478 g/mol. The predicted molar refractivity (Wildman–Crippen MR) is 122 cm³/mol. The van der Waals surface area contributed by atoms with Crippen LogP contribution in [0.5, 0.6) is 0 Å². The predicted octanol–water partition coefficient (Wildman–Crippen LogP) is 3.10. The molecule has 3 aliphatic heterocycles. The van der Waals surface area contributed by atoms with Crippen molar-refractivity contribution in [3.63, 3.8) is 0 Å². The van der Waals surface area contributed by atoms with Crippen LogP contribution in [0.3, 0.4) is 0 Å².